The van der Waals surface area contributed by atoms with Gasteiger partial charge in [-0.2, -0.15) is 0 Å². The molecule has 0 aliphatic carbocycles. The molecule has 4 nitrogen and oxygen atoms in total. The number of aryl methyl sites for hydroxylation is 1. The molecule has 3 rings (SSSR count). The lowest BCUT2D eigenvalue weighted by Gasteiger charge is -2.15. The number of anilines is 1. The van der Waals surface area contributed by atoms with E-state index in [1.807, 2.05) is 62.4 Å². The number of hydrogen-bond acceptors (Lipinski definition) is 3. The zero-order valence-electron chi connectivity index (χ0n) is 15.2. The Labute approximate surface area is 159 Å². The van der Waals surface area contributed by atoms with Gasteiger partial charge in [0.1, 0.15) is 11.4 Å². The second kappa shape index (κ2) is 7.70. The van der Waals surface area contributed by atoms with Crippen molar-refractivity contribution in [2.75, 3.05) is 4.90 Å². The monoisotopic (exact) mass is 366 g/mol. The van der Waals surface area contributed by atoms with E-state index in [0.717, 1.165) is 29.0 Å². The molecule has 0 spiro atoms. The largest absolute Gasteiger partial charge is 0.490 e. The molecule has 1 aliphatic heterocycles. The van der Waals surface area contributed by atoms with Crippen molar-refractivity contribution < 1.29 is 9.53 Å². The molecule has 26 heavy (non-hydrogen) atoms. The first kappa shape index (κ1) is 18.1. The Balaban J connectivity index is 1.93. The van der Waals surface area contributed by atoms with Crippen molar-refractivity contribution in [1.29, 1.82) is 0 Å². The van der Waals surface area contributed by atoms with Gasteiger partial charge in [0.05, 0.1) is 11.8 Å². The molecule has 2 aromatic rings. The number of nitrogens with one attached hydrogen (secondary N) is 1. The number of amides is 1. The first-order valence-electron chi connectivity index (χ1n) is 8.71. The van der Waals surface area contributed by atoms with Crippen molar-refractivity contribution in [3.05, 3.63) is 65.4 Å². The van der Waals surface area contributed by atoms with Gasteiger partial charge in [-0.15, -0.1) is 0 Å². The Morgan fingerprint density at radius 2 is 1.96 bits per heavy atom. The predicted molar refractivity (Wildman–Crippen MR) is 109 cm³/mol. The van der Waals surface area contributed by atoms with Gasteiger partial charge in [-0.3, -0.25) is 9.69 Å². The van der Waals surface area contributed by atoms with Crippen LogP contribution >= 0.6 is 12.2 Å². The second-order valence-corrected chi connectivity index (χ2v) is 6.74. The van der Waals surface area contributed by atoms with Gasteiger partial charge in [-0.05, 0) is 62.3 Å². The summed E-state index contributed by atoms with van der Waals surface area (Å²) >= 11 is 5.40. The molecule has 0 unspecified atom stereocenters. The smallest absolute Gasteiger partial charge is 0.281 e. The average molecular weight is 366 g/mol. The van der Waals surface area contributed by atoms with E-state index in [9.17, 15) is 4.79 Å². The van der Waals surface area contributed by atoms with E-state index in [1.54, 1.807) is 6.08 Å². The van der Waals surface area contributed by atoms with Crippen LogP contribution in [0.2, 0.25) is 0 Å². The topological polar surface area (TPSA) is 41.6 Å². The number of benzene rings is 2. The lowest BCUT2D eigenvalue weighted by atomic mass is 10.1. The first-order chi connectivity index (χ1) is 12.5. The molecule has 5 heteroatoms. The highest BCUT2D eigenvalue weighted by Crippen LogP contribution is 2.26. The second-order valence-electron chi connectivity index (χ2n) is 6.36. The fraction of sp³-hybridized carbons (Fsp3) is 0.238. The number of ether oxygens (including phenoxy) is 1. The first-order valence-corrected chi connectivity index (χ1v) is 9.12. The quantitative estimate of drug-likeness (QED) is 0.633. The molecule has 0 atom stereocenters. The summed E-state index contributed by atoms with van der Waals surface area (Å²) in [5, 5.41) is 3.42. The van der Waals surface area contributed by atoms with Crippen molar-refractivity contribution >= 4 is 35.0 Å². The van der Waals surface area contributed by atoms with Gasteiger partial charge in [0, 0.05) is 5.56 Å². The van der Waals surface area contributed by atoms with Crippen molar-refractivity contribution in [1.82, 2.24) is 5.32 Å². The highest BCUT2D eigenvalue weighted by Gasteiger charge is 2.32. The molecule has 0 aromatic heterocycles. The molecule has 1 heterocycles. The molecule has 2 aromatic carbocycles. The summed E-state index contributed by atoms with van der Waals surface area (Å²) < 4.78 is 5.83. The lowest BCUT2D eigenvalue weighted by Crippen LogP contribution is -2.30. The van der Waals surface area contributed by atoms with Gasteiger partial charge in [0.25, 0.3) is 5.91 Å². The van der Waals surface area contributed by atoms with Crippen LogP contribution in [-0.4, -0.2) is 17.1 Å². The molecule has 1 saturated heterocycles. The zero-order chi connectivity index (χ0) is 18.7. The number of nitrogens with zero attached hydrogens (tertiary/aromatic N) is 1. The summed E-state index contributed by atoms with van der Waals surface area (Å²) in [6, 6.07) is 15.5. The van der Waals surface area contributed by atoms with Crippen molar-refractivity contribution in [2.24, 2.45) is 0 Å². The summed E-state index contributed by atoms with van der Waals surface area (Å²) in [5.41, 5.74) is 3.22. The standard InChI is InChI=1S/C21H22N2O2S/c1-4-15-8-7-10-17(12-15)23-20(24)18(22-21(23)26)13-16-9-5-6-11-19(16)25-14(2)3/h5-14H,4H2,1-3H3,(H,22,26)/b18-13+. The third-order valence-electron chi connectivity index (χ3n) is 4.04. The number of thiocarbonyl (C=S) groups is 1. The fourth-order valence-corrected chi connectivity index (χ4v) is 3.10. The summed E-state index contributed by atoms with van der Waals surface area (Å²) in [6.45, 7) is 6.03. The van der Waals surface area contributed by atoms with Crippen LogP contribution in [0.4, 0.5) is 5.69 Å². The minimum absolute atomic E-state index is 0.0520. The Morgan fingerprint density at radius 1 is 1.19 bits per heavy atom. The summed E-state index contributed by atoms with van der Waals surface area (Å²) in [5.74, 6) is 0.574. The molecule has 0 radical (unpaired) electrons. The van der Waals surface area contributed by atoms with Crippen LogP contribution in [0.5, 0.6) is 5.75 Å². The number of carbonyl (C=O) groups is 1. The van der Waals surface area contributed by atoms with Crippen LogP contribution in [0, 0.1) is 0 Å². The summed E-state index contributed by atoms with van der Waals surface area (Å²) in [7, 11) is 0. The van der Waals surface area contributed by atoms with Crippen molar-refractivity contribution in [3.63, 3.8) is 0 Å². The van der Waals surface area contributed by atoms with Crippen molar-refractivity contribution in [2.45, 2.75) is 33.3 Å². The molecule has 1 aliphatic rings. The van der Waals surface area contributed by atoms with E-state index in [1.165, 1.54) is 4.90 Å². The number of carbonyl (C=O) groups excluding carboxylic acids is 1. The molecular weight excluding hydrogens is 344 g/mol. The highest BCUT2D eigenvalue weighted by atomic mass is 32.1. The Morgan fingerprint density at radius 3 is 2.69 bits per heavy atom. The van der Waals surface area contributed by atoms with Gasteiger partial charge in [-0.25, -0.2) is 0 Å². The van der Waals surface area contributed by atoms with E-state index in [0.29, 0.717) is 10.8 Å². The minimum atomic E-state index is -0.164. The van der Waals surface area contributed by atoms with E-state index in [2.05, 4.69) is 12.2 Å². The highest BCUT2D eigenvalue weighted by molar-refractivity contribution is 7.80. The minimum Gasteiger partial charge on any atom is -0.490 e. The number of para-hydroxylation sites is 1. The third kappa shape index (κ3) is 3.78. The number of rotatable bonds is 5. The Bertz CT molecular complexity index is 874. The van der Waals surface area contributed by atoms with Gasteiger partial charge >= 0.3 is 0 Å². The maximum absolute atomic E-state index is 12.9. The van der Waals surface area contributed by atoms with Crippen LogP contribution < -0.4 is 15.0 Å². The van der Waals surface area contributed by atoms with E-state index >= 15 is 0 Å². The van der Waals surface area contributed by atoms with Crippen LogP contribution in [0.15, 0.2) is 54.2 Å². The van der Waals surface area contributed by atoms with E-state index < -0.39 is 0 Å². The zero-order valence-corrected chi connectivity index (χ0v) is 16.0. The van der Waals surface area contributed by atoms with Crippen LogP contribution in [0.3, 0.4) is 0 Å². The van der Waals surface area contributed by atoms with Gasteiger partial charge in [0.2, 0.25) is 0 Å². The molecule has 1 fully saturated rings. The molecule has 1 N–H and O–H groups in total. The number of hydrogen-bond donors (Lipinski definition) is 1. The van der Waals surface area contributed by atoms with Crippen LogP contribution in [0.25, 0.3) is 6.08 Å². The maximum atomic E-state index is 12.9. The fourth-order valence-electron chi connectivity index (χ4n) is 2.80. The van der Waals surface area contributed by atoms with Crippen LogP contribution in [0.1, 0.15) is 31.9 Å². The van der Waals surface area contributed by atoms with Crippen LogP contribution in [-0.2, 0) is 11.2 Å². The maximum Gasteiger partial charge on any atom is 0.281 e. The van der Waals surface area contributed by atoms with Crippen molar-refractivity contribution in [3.8, 4) is 5.75 Å². The normalized spacial score (nSPS) is 15.7. The summed E-state index contributed by atoms with van der Waals surface area (Å²) in [4.78, 5) is 14.5. The Hall–Kier alpha value is -2.66. The lowest BCUT2D eigenvalue weighted by molar-refractivity contribution is -0.113. The predicted octanol–water partition coefficient (Wildman–Crippen LogP) is 4.30. The summed E-state index contributed by atoms with van der Waals surface area (Å²) in [6.07, 6.45) is 2.74. The van der Waals surface area contributed by atoms with Gasteiger partial charge in [-0.1, -0.05) is 37.3 Å². The molecule has 0 bridgehead atoms. The molecule has 134 valence electrons. The van der Waals surface area contributed by atoms with E-state index in [-0.39, 0.29) is 12.0 Å². The SMILES string of the molecule is CCc1cccc(N2C(=O)/C(=C\c3ccccc3OC(C)C)NC2=S)c1. The van der Waals surface area contributed by atoms with E-state index in [4.69, 9.17) is 17.0 Å². The molecule has 0 saturated carbocycles. The average Bonchev–Trinajstić information content (AvgIpc) is 2.90. The third-order valence-corrected chi connectivity index (χ3v) is 4.32. The molecule has 1 amide bonds. The Kier molecular flexibility index (Phi) is 5.38. The van der Waals surface area contributed by atoms with Gasteiger partial charge < -0.3 is 10.1 Å². The van der Waals surface area contributed by atoms with Gasteiger partial charge in [0.15, 0.2) is 5.11 Å². The molecular formula is C21H22N2O2S.